The molecule has 1 rings (SSSR count). The van der Waals surface area contributed by atoms with Crippen LogP contribution < -0.4 is 10.6 Å². The lowest BCUT2D eigenvalue weighted by Gasteiger charge is -2.24. The first-order valence-corrected chi connectivity index (χ1v) is 11.1. The quantitative estimate of drug-likeness (QED) is 0.159. The first-order valence-electron chi connectivity index (χ1n) is 10.5. The minimum atomic E-state index is -1.14. The number of hydrogen-bond donors (Lipinski definition) is 4. The number of aliphatic hydroxyl groups excluding tert-OH is 1. The van der Waals surface area contributed by atoms with Crippen molar-refractivity contribution in [1.29, 1.82) is 0 Å². The highest BCUT2D eigenvalue weighted by Gasteiger charge is 2.27. The molecule has 10 heteroatoms. The van der Waals surface area contributed by atoms with Crippen LogP contribution in [0.1, 0.15) is 46.1 Å². The monoisotopic (exact) mass is 470 g/mol. The summed E-state index contributed by atoms with van der Waals surface area (Å²) in [6.07, 6.45) is -1.82. The van der Waals surface area contributed by atoms with Crippen LogP contribution in [-0.2, 0) is 30.4 Å². The molecular weight excluding hydrogens is 436 g/mol. The Morgan fingerprint density at radius 1 is 1.03 bits per heavy atom. The maximum Gasteiger partial charge on any atom is 0.408 e. The number of hydrogen-bond acceptors (Lipinski definition) is 9. The molecule has 3 atom stereocenters. The Morgan fingerprint density at radius 2 is 1.66 bits per heavy atom. The topological polar surface area (TPSA) is 123 Å². The van der Waals surface area contributed by atoms with Gasteiger partial charge in [0.25, 0.3) is 0 Å². The second-order valence-electron chi connectivity index (χ2n) is 8.04. The van der Waals surface area contributed by atoms with Crippen LogP contribution in [0, 0.1) is 0 Å². The highest BCUT2D eigenvalue weighted by Crippen LogP contribution is 2.11. The number of benzene rings is 1. The number of aliphatic hydroxyl groups is 1. The van der Waals surface area contributed by atoms with Gasteiger partial charge in [-0.05, 0) is 46.1 Å². The third-order valence-corrected chi connectivity index (χ3v) is 4.44. The number of rotatable bonds is 12. The summed E-state index contributed by atoms with van der Waals surface area (Å²) >= 11 is 4.09. The summed E-state index contributed by atoms with van der Waals surface area (Å²) in [5, 5.41) is 15.5. The number of carbonyl (C=O) groups is 3. The zero-order chi connectivity index (χ0) is 24.1. The van der Waals surface area contributed by atoms with Crippen molar-refractivity contribution < 1.29 is 33.7 Å². The standard InChI is InChI=1S/C22H34N2O7S/c1-5-29-20(27)17(14-32)23-18(25)12-11-16(24-21(28)31-22(2,3)4)19(26)30-13-15-9-7-6-8-10-15/h6-10,16-18,23,25,32H,5,11-14H2,1-4H3,(H,24,28)/t16-,17-,18?/m0/s1. The van der Waals surface area contributed by atoms with Crippen molar-refractivity contribution in [2.24, 2.45) is 0 Å². The molecule has 1 amide bonds. The largest absolute Gasteiger partial charge is 0.465 e. The molecule has 0 bridgehead atoms. The fourth-order valence-electron chi connectivity index (χ4n) is 2.61. The van der Waals surface area contributed by atoms with E-state index < -0.39 is 41.9 Å². The minimum absolute atomic E-state index is 0.0392. The maximum atomic E-state index is 12.6. The maximum absolute atomic E-state index is 12.6. The summed E-state index contributed by atoms with van der Waals surface area (Å²) < 4.78 is 15.5. The van der Waals surface area contributed by atoms with Crippen LogP contribution in [-0.4, -0.2) is 59.4 Å². The summed E-state index contributed by atoms with van der Waals surface area (Å²) in [6.45, 7) is 7.04. The van der Waals surface area contributed by atoms with E-state index in [2.05, 4.69) is 23.3 Å². The van der Waals surface area contributed by atoms with Crippen molar-refractivity contribution in [3.8, 4) is 0 Å². The normalized spacial score (nSPS) is 14.1. The highest BCUT2D eigenvalue weighted by atomic mass is 32.1. The van der Waals surface area contributed by atoms with Crippen LogP contribution >= 0.6 is 12.6 Å². The van der Waals surface area contributed by atoms with Crippen LogP contribution in [0.2, 0.25) is 0 Å². The highest BCUT2D eigenvalue weighted by molar-refractivity contribution is 7.80. The number of nitrogens with one attached hydrogen (secondary N) is 2. The van der Waals surface area contributed by atoms with E-state index in [1.165, 1.54) is 0 Å². The van der Waals surface area contributed by atoms with Gasteiger partial charge in [-0.3, -0.25) is 10.1 Å². The molecule has 1 aromatic carbocycles. The Hall–Kier alpha value is -2.30. The van der Waals surface area contributed by atoms with Gasteiger partial charge in [0.05, 0.1) is 6.61 Å². The lowest BCUT2D eigenvalue weighted by atomic mass is 10.1. The van der Waals surface area contributed by atoms with Crippen LogP contribution in [0.15, 0.2) is 30.3 Å². The van der Waals surface area contributed by atoms with E-state index in [1.807, 2.05) is 30.3 Å². The van der Waals surface area contributed by atoms with E-state index >= 15 is 0 Å². The molecule has 0 spiro atoms. The van der Waals surface area contributed by atoms with Crippen molar-refractivity contribution in [3.63, 3.8) is 0 Å². The first-order chi connectivity index (χ1) is 15.1. The van der Waals surface area contributed by atoms with Gasteiger partial charge in [-0.15, -0.1) is 0 Å². The number of alkyl carbamates (subject to hydrolysis) is 1. The second-order valence-corrected chi connectivity index (χ2v) is 8.40. The van der Waals surface area contributed by atoms with Gasteiger partial charge in [0, 0.05) is 5.75 Å². The third-order valence-electron chi connectivity index (χ3n) is 4.08. The average Bonchev–Trinajstić information content (AvgIpc) is 2.72. The lowest BCUT2D eigenvalue weighted by Crippen LogP contribution is -2.48. The number of carbonyl (C=O) groups excluding carboxylic acids is 3. The predicted molar refractivity (Wildman–Crippen MR) is 122 cm³/mol. The molecule has 1 aromatic rings. The Kier molecular flexibility index (Phi) is 12.1. The number of thiol groups is 1. The molecular formula is C22H34N2O7S. The van der Waals surface area contributed by atoms with Crippen molar-refractivity contribution in [1.82, 2.24) is 10.6 Å². The van der Waals surface area contributed by atoms with Crippen LogP contribution in [0.5, 0.6) is 0 Å². The number of esters is 2. The average molecular weight is 471 g/mol. The van der Waals surface area contributed by atoms with Gasteiger partial charge in [-0.1, -0.05) is 30.3 Å². The van der Waals surface area contributed by atoms with Gasteiger partial charge in [0.2, 0.25) is 0 Å². The Morgan fingerprint density at radius 3 is 2.22 bits per heavy atom. The fraction of sp³-hybridized carbons (Fsp3) is 0.591. The molecule has 0 aliphatic carbocycles. The van der Waals surface area contributed by atoms with E-state index in [-0.39, 0.29) is 31.8 Å². The molecule has 0 saturated heterocycles. The molecule has 3 N–H and O–H groups in total. The first kappa shape index (κ1) is 27.7. The van der Waals surface area contributed by atoms with Crippen molar-refractivity contribution in [2.45, 2.75) is 71.1 Å². The fourth-order valence-corrected chi connectivity index (χ4v) is 2.86. The van der Waals surface area contributed by atoms with E-state index in [1.54, 1.807) is 27.7 Å². The summed E-state index contributed by atoms with van der Waals surface area (Å²) in [4.78, 5) is 36.7. The lowest BCUT2D eigenvalue weighted by molar-refractivity contribution is -0.148. The summed E-state index contributed by atoms with van der Waals surface area (Å²) in [5.74, 6) is -1.08. The SMILES string of the molecule is CCOC(=O)[C@H](CS)NC(O)CC[C@H](NC(=O)OC(C)(C)C)C(=O)OCc1ccccc1. The van der Waals surface area contributed by atoms with Crippen LogP contribution in [0.25, 0.3) is 0 Å². The van der Waals surface area contributed by atoms with Gasteiger partial charge >= 0.3 is 18.0 Å². The van der Waals surface area contributed by atoms with E-state index in [4.69, 9.17) is 14.2 Å². The van der Waals surface area contributed by atoms with Crippen LogP contribution in [0.3, 0.4) is 0 Å². The van der Waals surface area contributed by atoms with Crippen molar-refractivity contribution in [2.75, 3.05) is 12.4 Å². The minimum Gasteiger partial charge on any atom is -0.465 e. The summed E-state index contributed by atoms with van der Waals surface area (Å²) in [5.41, 5.74) is 0.0490. The van der Waals surface area contributed by atoms with E-state index in [0.717, 1.165) is 5.56 Å². The van der Waals surface area contributed by atoms with Gasteiger partial charge in [0.15, 0.2) is 0 Å². The molecule has 32 heavy (non-hydrogen) atoms. The smallest absolute Gasteiger partial charge is 0.408 e. The second kappa shape index (κ2) is 14.0. The summed E-state index contributed by atoms with van der Waals surface area (Å²) in [6, 6.07) is 7.25. The molecule has 0 heterocycles. The zero-order valence-corrected chi connectivity index (χ0v) is 19.9. The van der Waals surface area contributed by atoms with Gasteiger partial charge < -0.3 is 24.6 Å². The number of amides is 1. The van der Waals surface area contributed by atoms with Gasteiger partial charge in [-0.25, -0.2) is 9.59 Å². The molecule has 0 saturated carbocycles. The van der Waals surface area contributed by atoms with E-state index in [0.29, 0.717) is 0 Å². The Labute approximate surface area is 194 Å². The van der Waals surface area contributed by atoms with Gasteiger partial charge in [-0.2, -0.15) is 12.6 Å². The molecule has 0 aromatic heterocycles. The van der Waals surface area contributed by atoms with Gasteiger partial charge in [0.1, 0.15) is 30.5 Å². The predicted octanol–water partition coefficient (Wildman–Crippen LogP) is 2.17. The third kappa shape index (κ3) is 11.4. The van der Waals surface area contributed by atoms with E-state index in [9.17, 15) is 19.5 Å². The molecule has 180 valence electrons. The number of ether oxygens (including phenoxy) is 3. The zero-order valence-electron chi connectivity index (χ0n) is 19.0. The molecule has 0 fully saturated rings. The molecule has 0 aliphatic rings. The van der Waals surface area contributed by atoms with Crippen LogP contribution in [0.4, 0.5) is 4.79 Å². The van der Waals surface area contributed by atoms with Crippen molar-refractivity contribution in [3.05, 3.63) is 35.9 Å². The van der Waals surface area contributed by atoms with Crippen molar-refractivity contribution >= 4 is 30.7 Å². The molecule has 1 unspecified atom stereocenters. The Bertz CT molecular complexity index is 725. The molecule has 0 aliphatic heterocycles. The Balaban J connectivity index is 2.73. The molecule has 0 radical (unpaired) electrons. The summed E-state index contributed by atoms with van der Waals surface area (Å²) in [7, 11) is 0. The molecule has 9 nitrogen and oxygen atoms in total.